The van der Waals surface area contributed by atoms with E-state index in [9.17, 15) is 4.39 Å². The monoisotopic (exact) mass is 355 g/mol. The maximum absolute atomic E-state index is 13.5. The molecule has 0 saturated heterocycles. The van der Waals surface area contributed by atoms with E-state index in [4.69, 9.17) is 11.6 Å². The van der Waals surface area contributed by atoms with Gasteiger partial charge in [0.05, 0.1) is 0 Å². The average molecular weight is 356 g/mol. The van der Waals surface area contributed by atoms with Gasteiger partial charge >= 0.3 is 0 Å². The third-order valence-corrected chi connectivity index (χ3v) is 3.88. The molecule has 16 heavy (non-hydrogen) atoms. The summed E-state index contributed by atoms with van der Waals surface area (Å²) in [7, 11) is 0. The molecule has 0 saturated carbocycles. The second kappa shape index (κ2) is 6.77. The number of halogens is 3. The van der Waals surface area contributed by atoms with Crippen LogP contribution in [-0.4, -0.2) is 10.5 Å². The lowest BCUT2D eigenvalue weighted by Gasteiger charge is -2.20. The molecule has 0 bridgehead atoms. The molecule has 90 valence electrons. The summed E-state index contributed by atoms with van der Waals surface area (Å²) in [6.45, 7) is 4.79. The molecule has 0 spiro atoms. The van der Waals surface area contributed by atoms with Crippen molar-refractivity contribution in [2.24, 2.45) is 5.92 Å². The van der Waals surface area contributed by atoms with Gasteiger partial charge in [0.15, 0.2) is 0 Å². The van der Waals surface area contributed by atoms with Crippen LogP contribution >= 0.6 is 34.2 Å². The van der Waals surface area contributed by atoms with Crippen LogP contribution in [0, 0.1) is 11.7 Å². The summed E-state index contributed by atoms with van der Waals surface area (Å²) in [6, 6.07) is 5.17. The molecule has 4 heteroatoms. The topological polar surface area (TPSA) is 12.0 Å². The highest BCUT2D eigenvalue weighted by Gasteiger charge is 2.13. The number of hydrogen-bond acceptors (Lipinski definition) is 1. The van der Waals surface area contributed by atoms with Crippen LogP contribution in [0.1, 0.15) is 19.4 Å². The number of rotatable bonds is 5. The van der Waals surface area contributed by atoms with Gasteiger partial charge in [0.2, 0.25) is 0 Å². The van der Waals surface area contributed by atoms with E-state index in [-0.39, 0.29) is 5.82 Å². The number of alkyl halides is 1. The zero-order valence-corrected chi connectivity index (χ0v) is 12.3. The van der Waals surface area contributed by atoms with Crippen LogP contribution in [0.15, 0.2) is 18.2 Å². The summed E-state index contributed by atoms with van der Waals surface area (Å²) in [6.07, 6.45) is 0. The highest BCUT2D eigenvalue weighted by molar-refractivity contribution is 14.1. The Kier molecular flexibility index (Phi) is 6.00. The molecular formula is C12H16ClFIN. The first kappa shape index (κ1) is 14.2. The van der Waals surface area contributed by atoms with Gasteiger partial charge < -0.3 is 5.32 Å². The molecule has 0 amide bonds. The van der Waals surface area contributed by atoms with Gasteiger partial charge in [-0.25, -0.2) is 4.39 Å². The van der Waals surface area contributed by atoms with Gasteiger partial charge in [0.25, 0.3) is 0 Å². The minimum absolute atomic E-state index is 0.240. The second-order valence-electron chi connectivity index (χ2n) is 4.09. The molecule has 0 fully saturated rings. The number of nitrogens with one attached hydrogen (secondary N) is 1. The smallest absolute Gasteiger partial charge is 0.129 e. The fourth-order valence-corrected chi connectivity index (χ4v) is 2.96. The zero-order chi connectivity index (χ0) is 12.1. The van der Waals surface area contributed by atoms with E-state index >= 15 is 0 Å². The Balaban J connectivity index is 2.67. The van der Waals surface area contributed by atoms with E-state index in [1.165, 1.54) is 6.07 Å². The van der Waals surface area contributed by atoms with E-state index in [1.807, 2.05) is 0 Å². The second-order valence-corrected chi connectivity index (χ2v) is 5.37. The molecule has 1 nitrogen and oxygen atoms in total. The van der Waals surface area contributed by atoms with Crippen LogP contribution in [0.2, 0.25) is 5.02 Å². The molecule has 0 aliphatic heterocycles. The van der Waals surface area contributed by atoms with E-state index < -0.39 is 0 Å². The van der Waals surface area contributed by atoms with Crippen LogP contribution in [-0.2, 0) is 6.54 Å². The first-order chi connectivity index (χ1) is 7.56. The third-order valence-electron chi connectivity index (χ3n) is 2.57. The third kappa shape index (κ3) is 3.86. The predicted octanol–water partition coefficient (Wildman–Crippen LogP) is 4.03. The quantitative estimate of drug-likeness (QED) is 0.621. The SMILES string of the molecule is CC(C)C(CI)NCc1c(F)cccc1Cl. The standard InChI is InChI=1S/C12H16ClFIN/c1-8(2)12(6-15)16-7-9-10(13)4-3-5-11(9)14/h3-5,8,12,16H,6-7H2,1-2H3. The molecule has 1 aromatic rings. The van der Waals surface area contributed by atoms with Crippen LogP contribution < -0.4 is 5.32 Å². The van der Waals surface area contributed by atoms with Crippen molar-refractivity contribution in [3.05, 3.63) is 34.6 Å². The zero-order valence-electron chi connectivity index (χ0n) is 9.43. The molecule has 0 radical (unpaired) electrons. The molecule has 1 aromatic carbocycles. The minimum Gasteiger partial charge on any atom is -0.309 e. The normalized spacial score (nSPS) is 13.1. The van der Waals surface area contributed by atoms with Gasteiger partial charge in [-0.1, -0.05) is 54.1 Å². The molecule has 0 aliphatic rings. The van der Waals surface area contributed by atoms with Gasteiger partial charge in [0, 0.05) is 27.6 Å². The van der Waals surface area contributed by atoms with Gasteiger partial charge in [-0.3, -0.25) is 0 Å². The summed E-state index contributed by atoms with van der Waals surface area (Å²) < 4.78 is 14.5. The number of benzene rings is 1. The molecular weight excluding hydrogens is 339 g/mol. The molecule has 0 aliphatic carbocycles. The summed E-state index contributed by atoms with van der Waals surface area (Å²) in [5.74, 6) is 0.290. The predicted molar refractivity (Wildman–Crippen MR) is 75.8 cm³/mol. The largest absolute Gasteiger partial charge is 0.309 e. The van der Waals surface area contributed by atoms with Crippen molar-refractivity contribution in [3.63, 3.8) is 0 Å². The lowest BCUT2D eigenvalue weighted by Crippen LogP contribution is -2.35. The Morgan fingerprint density at radius 3 is 2.62 bits per heavy atom. The van der Waals surface area contributed by atoms with E-state index in [0.717, 1.165) is 4.43 Å². The summed E-state index contributed by atoms with van der Waals surface area (Å²) in [5.41, 5.74) is 0.555. The maximum Gasteiger partial charge on any atom is 0.129 e. The average Bonchev–Trinajstić information content (AvgIpc) is 2.22. The highest BCUT2D eigenvalue weighted by atomic mass is 127. The summed E-state index contributed by atoms with van der Waals surface area (Å²) in [5, 5.41) is 3.82. The molecule has 1 N–H and O–H groups in total. The van der Waals surface area contributed by atoms with E-state index in [2.05, 4.69) is 41.8 Å². The van der Waals surface area contributed by atoms with Crippen LogP contribution in [0.4, 0.5) is 4.39 Å². The van der Waals surface area contributed by atoms with Gasteiger partial charge in [-0.2, -0.15) is 0 Å². The van der Waals surface area contributed by atoms with Crippen molar-refractivity contribution in [2.75, 3.05) is 4.43 Å². The minimum atomic E-state index is -0.240. The molecule has 1 unspecified atom stereocenters. The Morgan fingerprint density at radius 1 is 1.44 bits per heavy atom. The van der Waals surface area contributed by atoms with Gasteiger partial charge in [-0.15, -0.1) is 0 Å². The molecule has 0 heterocycles. The number of hydrogen-bond donors (Lipinski definition) is 1. The first-order valence-corrected chi connectivity index (χ1v) is 7.18. The van der Waals surface area contributed by atoms with Crippen LogP contribution in [0.25, 0.3) is 0 Å². The van der Waals surface area contributed by atoms with Crippen LogP contribution in [0.5, 0.6) is 0 Å². The highest BCUT2D eigenvalue weighted by Crippen LogP contribution is 2.19. The van der Waals surface area contributed by atoms with E-state index in [1.54, 1.807) is 12.1 Å². The van der Waals surface area contributed by atoms with Crippen LogP contribution in [0.3, 0.4) is 0 Å². The van der Waals surface area contributed by atoms with Crippen molar-refractivity contribution in [1.29, 1.82) is 0 Å². The molecule has 1 rings (SSSR count). The Bertz CT molecular complexity index is 324. The maximum atomic E-state index is 13.5. The Labute approximate surface area is 115 Å². The van der Waals surface area contributed by atoms with Crippen molar-refractivity contribution in [3.8, 4) is 0 Å². The first-order valence-electron chi connectivity index (χ1n) is 5.28. The van der Waals surface area contributed by atoms with Crippen molar-refractivity contribution < 1.29 is 4.39 Å². The lowest BCUT2D eigenvalue weighted by molar-refractivity contribution is 0.431. The van der Waals surface area contributed by atoms with Crippen molar-refractivity contribution in [2.45, 2.75) is 26.4 Å². The fraction of sp³-hybridized carbons (Fsp3) is 0.500. The Hall–Kier alpha value is 0.130. The van der Waals surface area contributed by atoms with Gasteiger partial charge in [0.1, 0.15) is 5.82 Å². The summed E-state index contributed by atoms with van der Waals surface area (Å²) in [4.78, 5) is 0. The molecule has 0 aromatic heterocycles. The Morgan fingerprint density at radius 2 is 2.12 bits per heavy atom. The fourth-order valence-electron chi connectivity index (χ4n) is 1.40. The lowest BCUT2D eigenvalue weighted by atomic mass is 10.1. The summed E-state index contributed by atoms with van der Waals surface area (Å²) >= 11 is 8.29. The van der Waals surface area contributed by atoms with Crippen molar-refractivity contribution in [1.82, 2.24) is 5.32 Å². The van der Waals surface area contributed by atoms with Crippen molar-refractivity contribution >= 4 is 34.2 Å². The molecule has 1 atom stereocenters. The van der Waals surface area contributed by atoms with Gasteiger partial charge in [-0.05, 0) is 18.1 Å². The van der Waals surface area contributed by atoms with E-state index in [0.29, 0.717) is 29.1 Å².